The molecule has 1 heteroatoms. The Morgan fingerprint density at radius 3 is 2.25 bits per heavy atom. The average Bonchev–Trinajstić information content (AvgIpc) is 2.78. The summed E-state index contributed by atoms with van der Waals surface area (Å²) < 4.78 is 0. The number of hydrogen-bond acceptors (Lipinski definition) is 1. The van der Waals surface area contributed by atoms with Crippen molar-refractivity contribution in [3.05, 3.63) is 89.0 Å². The van der Waals surface area contributed by atoms with E-state index in [2.05, 4.69) is 94.8 Å². The van der Waals surface area contributed by atoms with Crippen LogP contribution in [0.5, 0.6) is 0 Å². The Labute approximate surface area is 196 Å². The number of nitrogens with zero attached hydrogens (tertiary/aromatic N) is 1. The van der Waals surface area contributed by atoms with Crippen molar-refractivity contribution in [2.24, 2.45) is 0 Å². The van der Waals surface area contributed by atoms with Gasteiger partial charge in [-0.05, 0) is 93.1 Å². The van der Waals surface area contributed by atoms with Crippen LogP contribution in [0, 0.1) is 13.8 Å². The fourth-order valence-electron chi connectivity index (χ4n) is 4.98. The maximum Gasteiger partial charge on any atom is 0.0234 e. The van der Waals surface area contributed by atoms with Gasteiger partial charge in [-0.1, -0.05) is 85.9 Å². The first-order valence-corrected chi connectivity index (χ1v) is 12.3. The molecule has 1 fully saturated rings. The summed E-state index contributed by atoms with van der Waals surface area (Å²) in [6, 6.07) is 14.8. The maximum absolute atomic E-state index is 3.96. The number of aryl methyl sites for hydroxylation is 2. The van der Waals surface area contributed by atoms with Crippen LogP contribution in [0.3, 0.4) is 0 Å². The molecule has 32 heavy (non-hydrogen) atoms. The third-order valence-electron chi connectivity index (χ3n) is 6.64. The van der Waals surface area contributed by atoms with E-state index in [0.29, 0.717) is 6.04 Å². The molecule has 2 aromatic rings. The molecule has 3 rings (SSSR count). The fourth-order valence-corrected chi connectivity index (χ4v) is 4.98. The first-order chi connectivity index (χ1) is 15.4. The number of allylic oxidation sites excluding steroid dienone is 5. The van der Waals surface area contributed by atoms with Gasteiger partial charge in [0.25, 0.3) is 0 Å². The number of rotatable bonds is 8. The van der Waals surface area contributed by atoms with Gasteiger partial charge in [0.15, 0.2) is 0 Å². The van der Waals surface area contributed by atoms with Crippen LogP contribution in [0.15, 0.2) is 66.8 Å². The summed E-state index contributed by atoms with van der Waals surface area (Å²) >= 11 is 0. The molecule has 0 aliphatic heterocycles. The summed E-state index contributed by atoms with van der Waals surface area (Å²) in [5.41, 5.74) is 10.4. The van der Waals surface area contributed by atoms with E-state index in [4.69, 9.17) is 0 Å². The summed E-state index contributed by atoms with van der Waals surface area (Å²) in [5, 5.41) is 0. The van der Waals surface area contributed by atoms with Gasteiger partial charge in [0.05, 0.1) is 0 Å². The van der Waals surface area contributed by atoms with Crippen molar-refractivity contribution < 1.29 is 0 Å². The molecule has 0 unspecified atom stereocenters. The molecule has 0 amide bonds. The second-order valence-electron chi connectivity index (χ2n) is 9.66. The molecule has 2 aromatic carbocycles. The lowest BCUT2D eigenvalue weighted by molar-refractivity contribution is 0.184. The fraction of sp³-hybridized carbons (Fsp3) is 0.419. The summed E-state index contributed by atoms with van der Waals surface area (Å²) in [5.74, 6) is 0. The van der Waals surface area contributed by atoms with Crippen LogP contribution in [0.25, 0.3) is 16.7 Å². The SMILES string of the molecule is C=C/C(C)=C\C(=C/CC)c1cc(CN(C)C2CCCCC2)cc(-c2cc(C)cc(C)c2)c1. The Bertz CT molecular complexity index is 965. The van der Waals surface area contributed by atoms with Gasteiger partial charge >= 0.3 is 0 Å². The maximum atomic E-state index is 3.96. The van der Waals surface area contributed by atoms with Crippen LogP contribution < -0.4 is 0 Å². The van der Waals surface area contributed by atoms with Crippen molar-refractivity contribution >= 4 is 5.57 Å². The zero-order valence-corrected chi connectivity index (χ0v) is 20.9. The third kappa shape index (κ3) is 6.56. The Balaban J connectivity index is 2.06. The normalized spacial score (nSPS) is 15.9. The van der Waals surface area contributed by atoms with E-state index in [1.165, 1.54) is 76.6 Å². The topological polar surface area (TPSA) is 3.24 Å². The smallest absolute Gasteiger partial charge is 0.0234 e. The Hall–Kier alpha value is -2.38. The van der Waals surface area contributed by atoms with Crippen molar-refractivity contribution in [2.75, 3.05) is 7.05 Å². The molecule has 0 N–H and O–H groups in total. The molecule has 1 aliphatic carbocycles. The molecule has 1 saturated carbocycles. The van der Waals surface area contributed by atoms with Crippen molar-refractivity contribution in [1.82, 2.24) is 4.90 Å². The van der Waals surface area contributed by atoms with E-state index in [9.17, 15) is 0 Å². The molecule has 0 aromatic heterocycles. The number of benzene rings is 2. The van der Waals surface area contributed by atoms with Gasteiger partial charge in [-0.25, -0.2) is 0 Å². The van der Waals surface area contributed by atoms with Crippen LogP contribution in [0.4, 0.5) is 0 Å². The highest BCUT2D eigenvalue weighted by atomic mass is 15.1. The Morgan fingerprint density at radius 2 is 1.62 bits per heavy atom. The van der Waals surface area contributed by atoms with Gasteiger partial charge in [-0.15, -0.1) is 0 Å². The lowest BCUT2D eigenvalue weighted by Gasteiger charge is -2.31. The highest BCUT2D eigenvalue weighted by Gasteiger charge is 2.18. The van der Waals surface area contributed by atoms with Gasteiger partial charge in [0, 0.05) is 12.6 Å². The van der Waals surface area contributed by atoms with E-state index in [1.807, 2.05) is 6.08 Å². The molecule has 1 nitrogen and oxygen atoms in total. The summed E-state index contributed by atoms with van der Waals surface area (Å²) in [6.07, 6.45) is 14.4. The lowest BCUT2D eigenvalue weighted by atomic mass is 9.92. The largest absolute Gasteiger partial charge is 0.299 e. The van der Waals surface area contributed by atoms with E-state index >= 15 is 0 Å². The molecule has 0 bridgehead atoms. The lowest BCUT2D eigenvalue weighted by Crippen LogP contribution is -2.32. The molecule has 0 spiro atoms. The summed E-state index contributed by atoms with van der Waals surface area (Å²) in [6.45, 7) is 13.7. The van der Waals surface area contributed by atoms with Crippen LogP contribution in [-0.4, -0.2) is 18.0 Å². The van der Waals surface area contributed by atoms with Crippen LogP contribution in [0.2, 0.25) is 0 Å². The minimum atomic E-state index is 0.714. The van der Waals surface area contributed by atoms with E-state index in [0.717, 1.165) is 13.0 Å². The quantitative estimate of drug-likeness (QED) is 0.381. The molecule has 0 saturated heterocycles. The van der Waals surface area contributed by atoms with E-state index in [-0.39, 0.29) is 0 Å². The van der Waals surface area contributed by atoms with Gasteiger partial charge in [-0.3, -0.25) is 4.90 Å². The Kier molecular flexibility index (Phi) is 8.70. The van der Waals surface area contributed by atoms with E-state index < -0.39 is 0 Å². The van der Waals surface area contributed by atoms with Gasteiger partial charge in [0.1, 0.15) is 0 Å². The molecular weight excluding hydrogens is 386 g/mol. The highest BCUT2D eigenvalue weighted by molar-refractivity contribution is 5.79. The minimum Gasteiger partial charge on any atom is -0.299 e. The van der Waals surface area contributed by atoms with Gasteiger partial charge in [0.2, 0.25) is 0 Å². The van der Waals surface area contributed by atoms with Crippen molar-refractivity contribution in [3.8, 4) is 11.1 Å². The molecule has 0 atom stereocenters. The summed E-state index contributed by atoms with van der Waals surface area (Å²) in [7, 11) is 2.31. The van der Waals surface area contributed by atoms with Crippen LogP contribution in [-0.2, 0) is 6.54 Å². The zero-order valence-electron chi connectivity index (χ0n) is 20.9. The first kappa shape index (κ1) is 24.3. The molecule has 0 radical (unpaired) electrons. The third-order valence-corrected chi connectivity index (χ3v) is 6.64. The predicted molar refractivity (Wildman–Crippen MR) is 142 cm³/mol. The predicted octanol–water partition coefficient (Wildman–Crippen LogP) is 8.66. The highest BCUT2D eigenvalue weighted by Crippen LogP contribution is 2.30. The minimum absolute atomic E-state index is 0.714. The standard InChI is InChI=1S/C31H41N/c1-7-12-27(16-23(3)8-2)29-19-26(22-32(6)31-13-10-9-11-14-31)20-30(21-29)28-17-24(4)15-25(5)18-28/h8,12,15-21,31H,2,7,9-11,13-14,22H2,1,3-6H3/b23-16-,27-12+. The van der Waals surface area contributed by atoms with Crippen LogP contribution in [0.1, 0.15) is 74.6 Å². The van der Waals surface area contributed by atoms with Gasteiger partial charge in [-0.2, -0.15) is 0 Å². The van der Waals surface area contributed by atoms with Crippen LogP contribution >= 0.6 is 0 Å². The number of hydrogen-bond donors (Lipinski definition) is 0. The molecule has 170 valence electrons. The monoisotopic (exact) mass is 427 g/mol. The summed E-state index contributed by atoms with van der Waals surface area (Å²) in [4.78, 5) is 2.58. The average molecular weight is 428 g/mol. The van der Waals surface area contributed by atoms with E-state index in [1.54, 1.807) is 0 Å². The second kappa shape index (κ2) is 11.5. The Morgan fingerprint density at radius 1 is 0.969 bits per heavy atom. The second-order valence-corrected chi connectivity index (χ2v) is 9.66. The molecule has 1 aliphatic rings. The van der Waals surface area contributed by atoms with Crippen molar-refractivity contribution in [3.63, 3.8) is 0 Å². The molecule has 0 heterocycles. The first-order valence-electron chi connectivity index (χ1n) is 12.3. The van der Waals surface area contributed by atoms with Gasteiger partial charge < -0.3 is 0 Å². The molecular formula is C31H41N. The van der Waals surface area contributed by atoms with Crippen molar-refractivity contribution in [2.45, 2.75) is 78.8 Å². The van der Waals surface area contributed by atoms with Crippen molar-refractivity contribution in [1.29, 1.82) is 0 Å². The zero-order chi connectivity index (χ0) is 23.1.